The first-order valence-electron chi connectivity index (χ1n) is 7.50. The van der Waals surface area contributed by atoms with E-state index in [9.17, 15) is 4.79 Å². The van der Waals surface area contributed by atoms with Gasteiger partial charge in [-0.25, -0.2) is 4.79 Å². The summed E-state index contributed by atoms with van der Waals surface area (Å²) in [5, 5.41) is 2.71. The molecular weight excluding hydrogens is 278 g/mol. The van der Waals surface area contributed by atoms with Crippen molar-refractivity contribution in [1.29, 1.82) is 0 Å². The molecule has 1 aliphatic rings. The van der Waals surface area contributed by atoms with E-state index >= 15 is 0 Å². The minimum absolute atomic E-state index is 0.0810. The van der Waals surface area contributed by atoms with Crippen LogP contribution in [-0.2, 0) is 0 Å². The largest absolute Gasteiger partial charge is 0.496 e. The Balaban J connectivity index is 1.94. The summed E-state index contributed by atoms with van der Waals surface area (Å²) in [6.45, 7) is 5.53. The third-order valence-electron chi connectivity index (χ3n) is 4.08. The number of hydrogen-bond acceptors (Lipinski definition) is 3. The number of terminal acetylenes is 1. The van der Waals surface area contributed by atoms with Crippen molar-refractivity contribution in [1.82, 2.24) is 15.1 Å². The molecule has 118 valence electrons. The summed E-state index contributed by atoms with van der Waals surface area (Å²) in [4.78, 5) is 16.1. The molecule has 1 N–H and O–H groups in total. The lowest BCUT2D eigenvalue weighted by atomic mass is 10.0. The molecule has 0 saturated carbocycles. The molecule has 0 aromatic heterocycles. The number of para-hydroxylation sites is 1. The first kappa shape index (κ1) is 16.2. The molecule has 0 bridgehead atoms. The van der Waals surface area contributed by atoms with E-state index in [1.165, 1.54) is 5.56 Å². The predicted molar refractivity (Wildman–Crippen MR) is 86.8 cm³/mol. The van der Waals surface area contributed by atoms with Crippen LogP contribution in [0, 0.1) is 12.3 Å². The number of nitrogens with one attached hydrogen (secondary N) is 1. The smallest absolute Gasteiger partial charge is 0.318 e. The molecule has 0 radical (unpaired) electrons. The number of urea groups is 1. The third kappa shape index (κ3) is 3.71. The molecule has 1 fully saturated rings. The number of benzene rings is 1. The molecule has 1 aliphatic heterocycles. The fourth-order valence-electron chi connectivity index (χ4n) is 2.76. The molecule has 2 amide bonds. The average molecular weight is 301 g/mol. The number of piperazine rings is 1. The zero-order valence-corrected chi connectivity index (χ0v) is 13.2. The summed E-state index contributed by atoms with van der Waals surface area (Å²) in [6.07, 6.45) is 5.16. The van der Waals surface area contributed by atoms with Crippen LogP contribution in [-0.4, -0.2) is 55.7 Å². The highest BCUT2D eigenvalue weighted by molar-refractivity contribution is 5.74. The number of methoxy groups -OCH3 is 1. The van der Waals surface area contributed by atoms with Gasteiger partial charge < -0.3 is 15.0 Å². The Kier molecular flexibility index (Phi) is 5.68. The Hall–Kier alpha value is -2.19. The van der Waals surface area contributed by atoms with Crippen LogP contribution in [0.5, 0.6) is 5.75 Å². The highest BCUT2D eigenvalue weighted by Gasteiger charge is 2.25. The standard InChI is InChI=1S/C17H23N3O2/c1-4-9-18-17(21)20-12-10-19(11-13-20)14(2)15-7-5-6-8-16(15)22-3/h1,5-8,14H,9-13H2,2-3H3,(H,18,21)/t14-/m0/s1. The van der Waals surface area contributed by atoms with E-state index in [-0.39, 0.29) is 18.6 Å². The first-order chi connectivity index (χ1) is 10.7. The van der Waals surface area contributed by atoms with Gasteiger partial charge in [-0.05, 0) is 13.0 Å². The lowest BCUT2D eigenvalue weighted by Gasteiger charge is -2.38. The van der Waals surface area contributed by atoms with Gasteiger partial charge in [0.25, 0.3) is 0 Å². The molecule has 0 aliphatic carbocycles. The fraction of sp³-hybridized carbons (Fsp3) is 0.471. The lowest BCUT2D eigenvalue weighted by molar-refractivity contribution is 0.113. The topological polar surface area (TPSA) is 44.8 Å². The number of ether oxygens (including phenoxy) is 1. The Labute approximate surface area is 132 Å². The summed E-state index contributed by atoms with van der Waals surface area (Å²) >= 11 is 0. The van der Waals surface area contributed by atoms with Gasteiger partial charge in [-0.2, -0.15) is 0 Å². The number of rotatable bonds is 4. The van der Waals surface area contributed by atoms with E-state index in [0.717, 1.165) is 18.8 Å². The Morgan fingerprint density at radius 2 is 2.05 bits per heavy atom. The fourth-order valence-corrected chi connectivity index (χ4v) is 2.76. The van der Waals surface area contributed by atoms with E-state index < -0.39 is 0 Å². The first-order valence-corrected chi connectivity index (χ1v) is 7.50. The van der Waals surface area contributed by atoms with Crippen molar-refractivity contribution in [3.63, 3.8) is 0 Å². The van der Waals surface area contributed by atoms with Gasteiger partial charge in [0.1, 0.15) is 5.75 Å². The van der Waals surface area contributed by atoms with Crippen LogP contribution in [0.4, 0.5) is 4.79 Å². The molecule has 1 heterocycles. The van der Waals surface area contributed by atoms with Gasteiger partial charge in [-0.15, -0.1) is 6.42 Å². The van der Waals surface area contributed by atoms with Crippen molar-refractivity contribution in [3.8, 4) is 18.1 Å². The Morgan fingerprint density at radius 1 is 1.36 bits per heavy atom. The van der Waals surface area contributed by atoms with Crippen molar-refractivity contribution in [2.45, 2.75) is 13.0 Å². The minimum atomic E-state index is -0.0810. The molecule has 1 atom stereocenters. The van der Waals surface area contributed by atoms with E-state index in [0.29, 0.717) is 13.1 Å². The maximum absolute atomic E-state index is 11.9. The highest BCUT2D eigenvalue weighted by atomic mass is 16.5. The molecule has 5 nitrogen and oxygen atoms in total. The van der Waals surface area contributed by atoms with Gasteiger partial charge in [-0.1, -0.05) is 24.1 Å². The van der Waals surface area contributed by atoms with Crippen molar-refractivity contribution in [3.05, 3.63) is 29.8 Å². The van der Waals surface area contributed by atoms with Gasteiger partial charge in [0.15, 0.2) is 0 Å². The van der Waals surface area contributed by atoms with Crippen molar-refractivity contribution in [2.75, 3.05) is 39.8 Å². The second-order valence-electron chi connectivity index (χ2n) is 5.30. The second kappa shape index (κ2) is 7.71. The van der Waals surface area contributed by atoms with Gasteiger partial charge in [0.2, 0.25) is 0 Å². The van der Waals surface area contributed by atoms with Crippen LogP contribution >= 0.6 is 0 Å². The van der Waals surface area contributed by atoms with Crippen LogP contribution in [0.2, 0.25) is 0 Å². The molecule has 1 saturated heterocycles. The molecule has 1 aromatic rings. The Bertz CT molecular complexity index is 545. The predicted octanol–water partition coefficient (Wildman–Crippen LogP) is 1.72. The third-order valence-corrected chi connectivity index (χ3v) is 4.08. The maximum Gasteiger partial charge on any atom is 0.318 e. The average Bonchev–Trinajstić information content (AvgIpc) is 2.59. The van der Waals surface area contributed by atoms with Crippen molar-refractivity contribution >= 4 is 6.03 Å². The molecule has 0 spiro atoms. The molecular formula is C17H23N3O2. The summed E-state index contributed by atoms with van der Waals surface area (Å²) in [7, 11) is 1.69. The SMILES string of the molecule is C#CCNC(=O)N1CCN([C@@H](C)c2ccccc2OC)CC1. The normalized spacial score (nSPS) is 16.7. The van der Waals surface area contributed by atoms with Crippen LogP contribution < -0.4 is 10.1 Å². The van der Waals surface area contributed by atoms with Crippen LogP contribution in [0.15, 0.2) is 24.3 Å². The molecule has 0 unspecified atom stereocenters. The summed E-state index contributed by atoms with van der Waals surface area (Å²) in [5.74, 6) is 3.32. The summed E-state index contributed by atoms with van der Waals surface area (Å²) in [6, 6.07) is 8.25. The molecule has 1 aromatic carbocycles. The van der Waals surface area contributed by atoms with Gasteiger partial charge in [0, 0.05) is 37.8 Å². The van der Waals surface area contributed by atoms with E-state index in [4.69, 9.17) is 11.2 Å². The van der Waals surface area contributed by atoms with Crippen LogP contribution in [0.25, 0.3) is 0 Å². The van der Waals surface area contributed by atoms with E-state index in [2.05, 4.69) is 29.1 Å². The zero-order chi connectivity index (χ0) is 15.9. The van der Waals surface area contributed by atoms with Crippen molar-refractivity contribution < 1.29 is 9.53 Å². The Morgan fingerprint density at radius 3 is 2.68 bits per heavy atom. The molecule has 5 heteroatoms. The van der Waals surface area contributed by atoms with Gasteiger partial charge >= 0.3 is 6.03 Å². The highest BCUT2D eigenvalue weighted by Crippen LogP contribution is 2.29. The number of hydrogen-bond donors (Lipinski definition) is 1. The number of carbonyl (C=O) groups is 1. The summed E-state index contributed by atoms with van der Waals surface area (Å²) < 4.78 is 5.44. The van der Waals surface area contributed by atoms with Gasteiger partial charge in [-0.3, -0.25) is 4.90 Å². The van der Waals surface area contributed by atoms with Gasteiger partial charge in [0.05, 0.1) is 13.7 Å². The van der Waals surface area contributed by atoms with E-state index in [1.807, 2.05) is 23.1 Å². The van der Waals surface area contributed by atoms with Crippen molar-refractivity contribution in [2.24, 2.45) is 0 Å². The van der Waals surface area contributed by atoms with Crippen LogP contribution in [0.1, 0.15) is 18.5 Å². The lowest BCUT2D eigenvalue weighted by Crippen LogP contribution is -2.52. The van der Waals surface area contributed by atoms with Crippen LogP contribution in [0.3, 0.4) is 0 Å². The zero-order valence-electron chi connectivity index (χ0n) is 13.2. The number of nitrogens with zero attached hydrogens (tertiary/aromatic N) is 2. The molecule has 22 heavy (non-hydrogen) atoms. The number of amides is 2. The molecule has 2 rings (SSSR count). The monoisotopic (exact) mass is 301 g/mol. The maximum atomic E-state index is 11.9. The number of carbonyl (C=O) groups excluding carboxylic acids is 1. The summed E-state index contributed by atoms with van der Waals surface area (Å²) in [5.41, 5.74) is 1.18. The van der Waals surface area contributed by atoms with E-state index in [1.54, 1.807) is 7.11 Å². The quantitative estimate of drug-likeness (QED) is 0.861. The second-order valence-corrected chi connectivity index (χ2v) is 5.30. The minimum Gasteiger partial charge on any atom is -0.496 e.